The molecule has 3 unspecified atom stereocenters. The van der Waals surface area contributed by atoms with E-state index < -0.39 is 18.1 Å². The lowest BCUT2D eigenvalue weighted by molar-refractivity contribution is -0.285. The lowest BCUT2D eigenvalue weighted by Crippen LogP contribution is -2.73. The number of likely N-dealkylation sites (tertiary alicyclic amines) is 1. The zero-order valence-electron chi connectivity index (χ0n) is 23.3. The number of nitrogens with zero attached hydrogens (tertiary/aromatic N) is 3. The van der Waals surface area contributed by atoms with E-state index in [1.165, 1.54) is 0 Å². The first-order valence-corrected chi connectivity index (χ1v) is 13.9. The average Bonchev–Trinajstić information content (AvgIpc) is 3.34. The summed E-state index contributed by atoms with van der Waals surface area (Å²) in [6.07, 6.45) is 4.57. The number of carbonyl (C=O) groups is 2. The van der Waals surface area contributed by atoms with Crippen LogP contribution in [-0.2, 0) is 23.8 Å². The van der Waals surface area contributed by atoms with Crippen molar-refractivity contribution < 1.29 is 28.2 Å². The molecule has 9 heteroatoms. The highest BCUT2D eigenvalue weighted by Crippen LogP contribution is 2.38. The van der Waals surface area contributed by atoms with E-state index in [1.807, 2.05) is 27.7 Å². The summed E-state index contributed by atoms with van der Waals surface area (Å²) >= 11 is 0. The van der Waals surface area contributed by atoms with Gasteiger partial charge in [-0.3, -0.25) is 14.6 Å². The summed E-state index contributed by atoms with van der Waals surface area (Å²) in [6.45, 7) is 14.7. The quantitative estimate of drug-likeness (QED) is 0.434. The maximum absolute atomic E-state index is 14.1. The lowest BCUT2D eigenvalue weighted by Gasteiger charge is -2.54. The lowest BCUT2D eigenvalue weighted by atomic mass is 9.87. The van der Waals surface area contributed by atoms with Gasteiger partial charge in [-0.1, -0.05) is 0 Å². The fourth-order valence-corrected chi connectivity index (χ4v) is 6.07. The molecule has 36 heavy (non-hydrogen) atoms. The predicted octanol–water partition coefficient (Wildman–Crippen LogP) is 3.58. The molecule has 2 saturated heterocycles. The Bertz CT molecular complexity index is 721. The zero-order valence-corrected chi connectivity index (χ0v) is 23.3. The van der Waals surface area contributed by atoms with Crippen molar-refractivity contribution in [1.82, 2.24) is 14.7 Å². The van der Waals surface area contributed by atoms with E-state index in [0.717, 1.165) is 25.9 Å². The maximum Gasteiger partial charge on any atom is 0.371 e. The largest absolute Gasteiger partial charge is 0.466 e. The molecule has 3 rings (SSSR count). The fraction of sp³-hybridized carbons (Fsp3) is 0.926. The molecule has 8 nitrogen and oxygen atoms in total. The monoisotopic (exact) mass is 513 g/mol. The number of carbonyl (C=O) groups excluding carboxylic acids is 2. The molecule has 3 fully saturated rings. The highest BCUT2D eigenvalue weighted by Gasteiger charge is 2.57. The van der Waals surface area contributed by atoms with Gasteiger partial charge in [0, 0.05) is 44.8 Å². The third kappa shape index (κ3) is 6.77. The van der Waals surface area contributed by atoms with Crippen LogP contribution in [0.25, 0.3) is 0 Å². The van der Waals surface area contributed by atoms with E-state index in [1.54, 1.807) is 0 Å². The Morgan fingerprint density at radius 3 is 2.03 bits per heavy atom. The first kappa shape index (κ1) is 29.3. The van der Waals surface area contributed by atoms with Crippen molar-refractivity contribution in [2.75, 3.05) is 46.0 Å². The van der Waals surface area contributed by atoms with Crippen molar-refractivity contribution in [1.29, 1.82) is 0 Å². The van der Waals surface area contributed by atoms with Gasteiger partial charge in [0.05, 0.1) is 18.6 Å². The van der Waals surface area contributed by atoms with Gasteiger partial charge in [-0.15, -0.1) is 0 Å². The molecular formula is C27H48FN3O5. The molecule has 208 valence electrons. The highest BCUT2D eigenvalue weighted by molar-refractivity contribution is 5.79. The van der Waals surface area contributed by atoms with Gasteiger partial charge in [-0.25, -0.2) is 14.1 Å². The second-order valence-corrected chi connectivity index (χ2v) is 11.7. The Morgan fingerprint density at radius 2 is 1.53 bits per heavy atom. The van der Waals surface area contributed by atoms with E-state index in [0.29, 0.717) is 51.9 Å². The van der Waals surface area contributed by atoms with E-state index >= 15 is 0 Å². The topological polar surface area (TPSA) is 71.5 Å². The Morgan fingerprint density at radius 1 is 0.944 bits per heavy atom. The van der Waals surface area contributed by atoms with E-state index in [9.17, 15) is 14.0 Å². The van der Waals surface area contributed by atoms with Crippen LogP contribution in [-0.4, -0.2) is 102 Å². The third-order valence-electron chi connectivity index (χ3n) is 7.70. The molecular weight excluding hydrogens is 465 g/mol. The van der Waals surface area contributed by atoms with Crippen LogP contribution in [0.2, 0.25) is 0 Å². The summed E-state index contributed by atoms with van der Waals surface area (Å²) in [7, 11) is 0. The summed E-state index contributed by atoms with van der Waals surface area (Å²) in [5, 5.41) is 0. The summed E-state index contributed by atoms with van der Waals surface area (Å²) in [5.41, 5.74) is -0.666. The molecule has 0 radical (unpaired) electrons. The second-order valence-electron chi connectivity index (χ2n) is 11.7. The zero-order chi connectivity index (χ0) is 26.5. The molecule has 0 aromatic heterocycles. The Kier molecular flexibility index (Phi) is 10.2. The van der Waals surface area contributed by atoms with Crippen molar-refractivity contribution in [3.8, 4) is 0 Å². The van der Waals surface area contributed by atoms with Crippen LogP contribution >= 0.6 is 0 Å². The van der Waals surface area contributed by atoms with E-state index in [-0.39, 0.29) is 36.0 Å². The van der Waals surface area contributed by atoms with Gasteiger partial charge in [0.2, 0.25) is 0 Å². The molecule has 0 aromatic rings. The summed E-state index contributed by atoms with van der Waals surface area (Å²) in [4.78, 5) is 32.9. The fourth-order valence-electron chi connectivity index (χ4n) is 6.07. The average molecular weight is 514 g/mol. The molecule has 0 bridgehead atoms. The molecule has 3 atom stereocenters. The van der Waals surface area contributed by atoms with Crippen molar-refractivity contribution in [2.45, 2.75) is 110 Å². The number of esters is 2. The summed E-state index contributed by atoms with van der Waals surface area (Å²) in [6, 6.07) is 0.133. The molecule has 2 aliphatic heterocycles. The van der Waals surface area contributed by atoms with Gasteiger partial charge < -0.3 is 14.2 Å². The molecule has 3 aliphatic rings. The molecule has 0 spiro atoms. The van der Waals surface area contributed by atoms with Gasteiger partial charge in [0.25, 0.3) is 5.85 Å². The van der Waals surface area contributed by atoms with Crippen molar-refractivity contribution >= 4 is 11.9 Å². The smallest absolute Gasteiger partial charge is 0.371 e. The molecule has 0 amide bonds. The number of hydrogen-bond acceptors (Lipinski definition) is 8. The first-order valence-electron chi connectivity index (χ1n) is 13.9. The van der Waals surface area contributed by atoms with Crippen LogP contribution in [0.1, 0.15) is 80.1 Å². The van der Waals surface area contributed by atoms with Gasteiger partial charge in [0.1, 0.15) is 12.3 Å². The Balaban J connectivity index is 1.90. The standard InChI is InChI=1S/C27H48FN3O5/c1-7-34-24(32)22-10-12-23(13-11-22)35-27(29-15-8-9-16-29,25(33)36-26(4,5)6)30-18-20(2)31(17-14-28)21(3)19-30/h20-23H,7-19H2,1-6H3. The van der Waals surface area contributed by atoms with Gasteiger partial charge >= 0.3 is 11.9 Å². The second kappa shape index (κ2) is 12.5. The number of hydrogen-bond donors (Lipinski definition) is 0. The van der Waals surface area contributed by atoms with Crippen molar-refractivity contribution in [2.24, 2.45) is 5.92 Å². The van der Waals surface area contributed by atoms with Gasteiger partial charge in [0.15, 0.2) is 0 Å². The van der Waals surface area contributed by atoms with Gasteiger partial charge in [-0.2, -0.15) is 0 Å². The molecule has 1 saturated carbocycles. The number of ether oxygens (including phenoxy) is 3. The molecule has 0 aromatic carbocycles. The summed E-state index contributed by atoms with van der Waals surface area (Å²) in [5.74, 6) is -1.96. The number of halogens is 1. The molecule has 0 N–H and O–H groups in total. The van der Waals surface area contributed by atoms with Crippen LogP contribution in [0.5, 0.6) is 0 Å². The number of piperazine rings is 1. The van der Waals surface area contributed by atoms with E-state index in [4.69, 9.17) is 14.2 Å². The Hall–Kier alpha value is -1.29. The highest BCUT2D eigenvalue weighted by atomic mass is 19.1. The van der Waals surface area contributed by atoms with Crippen molar-refractivity contribution in [3.63, 3.8) is 0 Å². The van der Waals surface area contributed by atoms with Crippen LogP contribution in [0.3, 0.4) is 0 Å². The van der Waals surface area contributed by atoms with Crippen LogP contribution < -0.4 is 0 Å². The van der Waals surface area contributed by atoms with E-state index in [2.05, 4.69) is 28.5 Å². The van der Waals surface area contributed by atoms with Crippen LogP contribution in [0, 0.1) is 5.92 Å². The van der Waals surface area contributed by atoms with Crippen LogP contribution in [0.4, 0.5) is 4.39 Å². The Labute approximate surface area is 216 Å². The van der Waals surface area contributed by atoms with Gasteiger partial charge in [-0.05, 0) is 80.1 Å². The SMILES string of the molecule is CCOC(=O)C1CCC(OC(C(=O)OC(C)(C)C)(N2CCCC2)N2CC(C)N(CCF)C(C)C2)CC1. The minimum Gasteiger partial charge on any atom is -0.466 e. The minimum absolute atomic E-state index is 0.0667. The number of rotatable bonds is 9. The minimum atomic E-state index is -1.34. The first-order chi connectivity index (χ1) is 17.0. The molecule has 1 aliphatic carbocycles. The third-order valence-corrected chi connectivity index (χ3v) is 7.70. The van der Waals surface area contributed by atoms with Crippen LogP contribution in [0.15, 0.2) is 0 Å². The molecule has 2 heterocycles. The normalized spacial score (nSPS) is 30.6. The van der Waals surface area contributed by atoms with Crippen molar-refractivity contribution in [3.05, 3.63) is 0 Å². The number of alkyl halides is 1. The predicted molar refractivity (Wildman–Crippen MR) is 136 cm³/mol. The maximum atomic E-state index is 14.1. The summed E-state index contributed by atoms with van der Waals surface area (Å²) < 4.78 is 31.5.